The van der Waals surface area contributed by atoms with Crippen molar-refractivity contribution in [2.75, 3.05) is 10.6 Å². The second kappa shape index (κ2) is 14.3. The first kappa shape index (κ1) is 32.4. The zero-order chi connectivity index (χ0) is 31.9. The van der Waals surface area contributed by atoms with Gasteiger partial charge in [0, 0.05) is 16.1 Å². The fourth-order valence-corrected chi connectivity index (χ4v) is 4.98. The van der Waals surface area contributed by atoms with Crippen LogP contribution in [0.3, 0.4) is 0 Å². The molecule has 6 nitrogen and oxygen atoms in total. The standard InChI is InChI=1S/C33H27ClF3N3O3S/c1-20-8-6-7-11-23(20)18-29(40-31(42)22-9-4-3-5-10-22)32(43)38-25-13-15-26(16-14-25)44-21(2)30(41)39-28-19-24(33(35,36)37)12-17-27(28)34/h3-19,21H,1-2H3,(H,38,43)(H,39,41)(H,40,42)/b29-18-. The molecule has 4 aromatic carbocycles. The van der Waals surface area contributed by atoms with Crippen LogP contribution in [-0.4, -0.2) is 23.0 Å². The molecule has 3 amide bonds. The first-order valence-electron chi connectivity index (χ1n) is 13.3. The third-order valence-corrected chi connectivity index (χ3v) is 7.80. The molecule has 4 aromatic rings. The summed E-state index contributed by atoms with van der Waals surface area (Å²) in [6.07, 6.45) is -2.97. The lowest BCUT2D eigenvalue weighted by molar-refractivity contribution is -0.137. The molecule has 0 bridgehead atoms. The predicted molar refractivity (Wildman–Crippen MR) is 169 cm³/mol. The van der Waals surface area contributed by atoms with E-state index in [4.69, 9.17) is 11.6 Å². The van der Waals surface area contributed by atoms with Gasteiger partial charge in [-0.25, -0.2) is 0 Å². The first-order valence-corrected chi connectivity index (χ1v) is 14.6. The summed E-state index contributed by atoms with van der Waals surface area (Å²) in [5.41, 5.74) is 1.50. The summed E-state index contributed by atoms with van der Waals surface area (Å²) in [5, 5.41) is 7.24. The summed E-state index contributed by atoms with van der Waals surface area (Å²) < 4.78 is 39.2. The van der Waals surface area contributed by atoms with Gasteiger partial charge in [-0.2, -0.15) is 13.2 Å². The van der Waals surface area contributed by atoms with Crippen LogP contribution in [-0.2, 0) is 15.8 Å². The second-order valence-corrected chi connectivity index (χ2v) is 11.5. The fourth-order valence-electron chi connectivity index (χ4n) is 3.95. The van der Waals surface area contributed by atoms with Crippen molar-refractivity contribution in [3.05, 3.63) is 130 Å². The molecule has 226 valence electrons. The number of amides is 3. The Morgan fingerprint density at radius 2 is 1.52 bits per heavy atom. The van der Waals surface area contributed by atoms with E-state index in [0.717, 1.165) is 29.3 Å². The third kappa shape index (κ3) is 8.75. The van der Waals surface area contributed by atoms with E-state index in [1.54, 1.807) is 67.6 Å². The molecule has 0 radical (unpaired) electrons. The van der Waals surface area contributed by atoms with Crippen LogP contribution in [0.25, 0.3) is 6.08 Å². The van der Waals surface area contributed by atoms with E-state index in [2.05, 4.69) is 16.0 Å². The average Bonchev–Trinajstić information content (AvgIpc) is 2.99. The lowest BCUT2D eigenvalue weighted by Crippen LogP contribution is -2.30. The van der Waals surface area contributed by atoms with Gasteiger partial charge in [0.25, 0.3) is 11.8 Å². The van der Waals surface area contributed by atoms with E-state index in [9.17, 15) is 27.6 Å². The molecule has 0 aliphatic heterocycles. The van der Waals surface area contributed by atoms with Crippen molar-refractivity contribution in [2.24, 2.45) is 0 Å². The molecular formula is C33H27ClF3N3O3S. The highest BCUT2D eigenvalue weighted by Crippen LogP contribution is 2.34. The highest BCUT2D eigenvalue weighted by atomic mass is 35.5. The quantitative estimate of drug-likeness (QED) is 0.128. The van der Waals surface area contributed by atoms with E-state index in [0.29, 0.717) is 16.1 Å². The van der Waals surface area contributed by atoms with Gasteiger partial charge in [0.2, 0.25) is 5.91 Å². The Morgan fingerprint density at radius 1 is 0.864 bits per heavy atom. The van der Waals surface area contributed by atoms with Crippen LogP contribution in [0.2, 0.25) is 5.02 Å². The molecule has 0 aliphatic carbocycles. The number of carbonyl (C=O) groups is 3. The number of benzene rings is 4. The molecule has 3 N–H and O–H groups in total. The molecule has 1 unspecified atom stereocenters. The normalized spacial score (nSPS) is 12.3. The third-order valence-electron chi connectivity index (χ3n) is 6.36. The van der Waals surface area contributed by atoms with Crippen molar-refractivity contribution in [1.29, 1.82) is 0 Å². The lowest BCUT2D eigenvalue weighted by Gasteiger charge is -2.15. The molecule has 0 aliphatic rings. The van der Waals surface area contributed by atoms with E-state index in [-0.39, 0.29) is 16.4 Å². The number of anilines is 2. The maximum atomic E-state index is 13.3. The SMILES string of the molecule is Cc1ccccc1/C=C(\NC(=O)c1ccccc1)C(=O)Nc1ccc(SC(C)C(=O)Nc2cc(C(F)(F)F)ccc2Cl)cc1. The zero-order valence-electron chi connectivity index (χ0n) is 23.5. The van der Waals surface area contributed by atoms with E-state index >= 15 is 0 Å². The molecule has 0 fully saturated rings. The summed E-state index contributed by atoms with van der Waals surface area (Å²) in [5.74, 6) is -1.51. The zero-order valence-corrected chi connectivity index (χ0v) is 25.1. The van der Waals surface area contributed by atoms with Gasteiger partial charge >= 0.3 is 6.18 Å². The van der Waals surface area contributed by atoms with Crippen molar-refractivity contribution in [3.8, 4) is 0 Å². The van der Waals surface area contributed by atoms with Crippen molar-refractivity contribution in [1.82, 2.24) is 5.32 Å². The van der Waals surface area contributed by atoms with Crippen molar-refractivity contribution in [3.63, 3.8) is 0 Å². The van der Waals surface area contributed by atoms with E-state index < -0.39 is 34.7 Å². The van der Waals surface area contributed by atoms with Crippen LogP contribution in [0.15, 0.2) is 108 Å². The average molecular weight is 638 g/mol. The number of nitrogens with one attached hydrogen (secondary N) is 3. The van der Waals surface area contributed by atoms with Crippen LogP contribution in [0, 0.1) is 6.92 Å². The molecule has 0 saturated heterocycles. The Labute approximate surface area is 261 Å². The molecule has 4 rings (SSSR count). The molecule has 1 atom stereocenters. The Bertz CT molecular complexity index is 1690. The van der Waals surface area contributed by atoms with Gasteiger partial charge in [-0.3, -0.25) is 14.4 Å². The first-order chi connectivity index (χ1) is 20.9. The monoisotopic (exact) mass is 637 g/mol. The molecule has 11 heteroatoms. The van der Waals surface area contributed by atoms with Gasteiger partial charge in [-0.1, -0.05) is 54.1 Å². The molecule has 0 spiro atoms. The number of halogens is 4. The maximum Gasteiger partial charge on any atom is 0.416 e. The van der Waals surface area contributed by atoms with Crippen LogP contribution < -0.4 is 16.0 Å². The van der Waals surface area contributed by atoms with Gasteiger partial charge in [-0.15, -0.1) is 11.8 Å². The van der Waals surface area contributed by atoms with Crippen LogP contribution in [0.5, 0.6) is 0 Å². The fraction of sp³-hybridized carbons (Fsp3) is 0.121. The Balaban J connectivity index is 1.43. The molecule has 0 aromatic heterocycles. The summed E-state index contributed by atoms with van der Waals surface area (Å²) in [7, 11) is 0. The minimum atomic E-state index is -4.58. The lowest BCUT2D eigenvalue weighted by atomic mass is 10.1. The molecule has 0 heterocycles. The molecule has 44 heavy (non-hydrogen) atoms. The van der Waals surface area contributed by atoms with Crippen molar-refractivity contribution in [2.45, 2.75) is 30.2 Å². The highest BCUT2D eigenvalue weighted by Gasteiger charge is 2.31. The van der Waals surface area contributed by atoms with Crippen molar-refractivity contribution >= 4 is 58.5 Å². The summed E-state index contributed by atoms with van der Waals surface area (Å²) >= 11 is 7.17. The Hall–Kier alpha value is -4.54. The van der Waals surface area contributed by atoms with Gasteiger partial charge in [-0.05, 0) is 85.6 Å². The van der Waals surface area contributed by atoms with Crippen LogP contribution >= 0.6 is 23.4 Å². The molecular weight excluding hydrogens is 611 g/mol. The number of aryl methyl sites for hydroxylation is 1. The van der Waals surface area contributed by atoms with Gasteiger partial charge in [0.15, 0.2) is 0 Å². The number of hydrogen-bond donors (Lipinski definition) is 3. The smallest absolute Gasteiger partial charge is 0.324 e. The molecule has 0 saturated carbocycles. The van der Waals surface area contributed by atoms with Gasteiger partial charge in [0.1, 0.15) is 5.70 Å². The topological polar surface area (TPSA) is 87.3 Å². The number of thioether (sulfide) groups is 1. The minimum Gasteiger partial charge on any atom is -0.324 e. The second-order valence-electron chi connectivity index (χ2n) is 9.65. The maximum absolute atomic E-state index is 13.3. The highest BCUT2D eigenvalue weighted by molar-refractivity contribution is 8.00. The summed E-state index contributed by atoms with van der Waals surface area (Å²) in [4.78, 5) is 39.5. The Kier molecular flexibility index (Phi) is 10.5. The van der Waals surface area contributed by atoms with Gasteiger partial charge < -0.3 is 16.0 Å². The number of hydrogen-bond acceptors (Lipinski definition) is 4. The van der Waals surface area contributed by atoms with E-state index in [1.165, 1.54) is 11.8 Å². The number of alkyl halides is 3. The van der Waals surface area contributed by atoms with Crippen molar-refractivity contribution < 1.29 is 27.6 Å². The number of rotatable bonds is 9. The number of carbonyl (C=O) groups excluding carboxylic acids is 3. The Morgan fingerprint density at radius 3 is 2.18 bits per heavy atom. The summed E-state index contributed by atoms with van der Waals surface area (Å²) in [6, 6.07) is 25.3. The predicted octanol–water partition coefficient (Wildman–Crippen LogP) is 8.20. The van der Waals surface area contributed by atoms with Crippen LogP contribution in [0.1, 0.15) is 34.0 Å². The largest absolute Gasteiger partial charge is 0.416 e. The summed E-state index contributed by atoms with van der Waals surface area (Å²) in [6.45, 7) is 3.50. The minimum absolute atomic E-state index is 0.0144. The van der Waals surface area contributed by atoms with Gasteiger partial charge in [0.05, 0.1) is 21.5 Å². The van der Waals surface area contributed by atoms with Crippen LogP contribution in [0.4, 0.5) is 24.5 Å². The van der Waals surface area contributed by atoms with E-state index in [1.807, 2.05) is 31.2 Å².